The van der Waals surface area contributed by atoms with Gasteiger partial charge >= 0.3 is 5.82 Å². The lowest BCUT2D eigenvalue weighted by atomic mass is 10.2. The highest BCUT2D eigenvalue weighted by Gasteiger charge is 2.20. The van der Waals surface area contributed by atoms with Gasteiger partial charge in [-0.25, -0.2) is 17.6 Å². The molecule has 1 aromatic carbocycles. The number of halogens is 5. The molecule has 30 heavy (non-hydrogen) atoms. The van der Waals surface area contributed by atoms with Gasteiger partial charge in [0.05, 0.1) is 36.3 Å². The summed E-state index contributed by atoms with van der Waals surface area (Å²) < 4.78 is 56.2. The first-order valence-corrected chi connectivity index (χ1v) is 8.96. The lowest BCUT2D eigenvalue weighted by Gasteiger charge is -2.07. The van der Waals surface area contributed by atoms with Crippen molar-refractivity contribution in [1.29, 1.82) is 0 Å². The average Bonchev–Trinajstić information content (AvgIpc) is 3.28. The second-order valence-corrected chi connectivity index (χ2v) is 6.85. The summed E-state index contributed by atoms with van der Waals surface area (Å²) >= 11 is 2.99. The molecule has 2 heterocycles. The summed E-state index contributed by atoms with van der Waals surface area (Å²) in [6.07, 6.45) is 3.72. The summed E-state index contributed by atoms with van der Waals surface area (Å²) in [6, 6.07) is 0.234. The molecule has 14 heteroatoms. The number of benzene rings is 1. The van der Waals surface area contributed by atoms with Gasteiger partial charge in [0.15, 0.2) is 17.5 Å². The zero-order valence-electron chi connectivity index (χ0n) is 14.8. The molecular weight excluding hydrogens is 480 g/mol. The van der Waals surface area contributed by atoms with Crippen LogP contribution in [-0.4, -0.2) is 30.4 Å². The van der Waals surface area contributed by atoms with Crippen molar-refractivity contribution in [2.75, 3.05) is 5.32 Å². The van der Waals surface area contributed by atoms with Crippen LogP contribution in [0, 0.1) is 33.4 Å². The highest BCUT2D eigenvalue weighted by molar-refractivity contribution is 9.10. The SMILES string of the molecule is O=C(CCn1cc(Br)c([N+](=O)[O-])n1)Nc1cnn(Cc2c(F)cc(F)c(F)c2F)c1. The number of nitro groups is 1. The zero-order valence-corrected chi connectivity index (χ0v) is 16.4. The van der Waals surface area contributed by atoms with E-state index in [4.69, 9.17) is 0 Å². The molecular formula is C16H11BrF4N6O3. The van der Waals surface area contributed by atoms with Crippen LogP contribution >= 0.6 is 15.9 Å². The lowest BCUT2D eigenvalue weighted by Crippen LogP contribution is -2.14. The number of anilines is 1. The minimum Gasteiger partial charge on any atom is -0.358 e. The first kappa shape index (κ1) is 21.4. The molecule has 1 N–H and O–H groups in total. The van der Waals surface area contributed by atoms with Crippen molar-refractivity contribution in [1.82, 2.24) is 19.6 Å². The number of carbonyl (C=O) groups is 1. The van der Waals surface area contributed by atoms with E-state index in [1.165, 1.54) is 23.3 Å². The minimum absolute atomic E-state index is 0.0533. The Hall–Kier alpha value is -3.29. The fraction of sp³-hybridized carbons (Fsp3) is 0.188. The maximum absolute atomic E-state index is 13.7. The Morgan fingerprint density at radius 3 is 2.57 bits per heavy atom. The van der Waals surface area contributed by atoms with Crippen LogP contribution in [0.25, 0.3) is 0 Å². The van der Waals surface area contributed by atoms with Gasteiger partial charge in [0.1, 0.15) is 10.3 Å². The second kappa shape index (κ2) is 8.61. The number of aromatic nitrogens is 4. The van der Waals surface area contributed by atoms with Gasteiger partial charge < -0.3 is 15.4 Å². The molecule has 9 nitrogen and oxygen atoms in total. The number of hydrogen-bond acceptors (Lipinski definition) is 5. The molecule has 1 amide bonds. The summed E-state index contributed by atoms with van der Waals surface area (Å²) in [5.74, 6) is -7.23. The number of carbonyl (C=O) groups excluding carboxylic acids is 1. The third-order valence-electron chi connectivity index (χ3n) is 3.89. The van der Waals surface area contributed by atoms with Crippen LogP contribution in [0.4, 0.5) is 29.1 Å². The Bertz CT molecular complexity index is 1130. The van der Waals surface area contributed by atoms with Gasteiger partial charge in [0.2, 0.25) is 5.91 Å². The van der Waals surface area contributed by atoms with Crippen LogP contribution in [0.3, 0.4) is 0 Å². The Kier molecular flexibility index (Phi) is 6.14. The van der Waals surface area contributed by atoms with E-state index in [2.05, 4.69) is 31.4 Å². The Labute approximate surface area is 173 Å². The topological polar surface area (TPSA) is 108 Å². The number of nitrogens with one attached hydrogen (secondary N) is 1. The van der Waals surface area contributed by atoms with E-state index in [9.17, 15) is 32.5 Å². The number of hydrogen-bond donors (Lipinski definition) is 1. The molecule has 0 radical (unpaired) electrons. The van der Waals surface area contributed by atoms with E-state index < -0.39 is 46.2 Å². The molecule has 0 saturated heterocycles. The smallest absolute Gasteiger partial charge is 0.358 e. The molecule has 3 rings (SSSR count). The number of rotatable bonds is 7. The van der Waals surface area contributed by atoms with Crippen molar-refractivity contribution in [3.05, 3.63) is 68.1 Å². The monoisotopic (exact) mass is 490 g/mol. The van der Waals surface area contributed by atoms with Gasteiger partial charge in [-0.15, -0.1) is 0 Å². The van der Waals surface area contributed by atoms with Crippen molar-refractivity contribution in [3.63, 3.8) is 0 Å². The van der Waals surface area contributed by atoms with Crippen LogP contribution in [0.1, 0.15) is 12.0 Å². The van der Waals surface area contributed by atoms with E-state index >= 15 is 0 Å². The van der Waals surface area contributed by atoms with E-state index in [-0.39, 0.29) is 35.0 Å². The maximum atomic E-state index is 13.7. The normalized spacial score (nSPS) is 11.0. The molecule has 0 fully saturated rings. The van der Waals surface area contributed by atoms with Gasteiger partial charge in [0.25, 0.3) is 0 Å². The summed E-state index contributed by atoms with van der Waals surface area (Å²) in [6.45, 7) is -0.479. The predicted molar refractivity (Wildman–Crippen MR) is 97.4 cm³/mol. The van der Waals surface area contributed by atoms with Crippen LogP contribution in [0.5, 0.6) is 0 Å². The minimum atomic E-state index is -1.79. The molecule has 0 saturated carbocycles. The summed E-state index contributed by atoms with van der Waals surface area (Å²) in [7, 11) is 0. The molecule has 0 aliphatic heterocycles. The Balaban J connectivity index is 1.60. The predicted octanol–water partition coefficient (Wildman–Crippen LogP) is 3.38. The summed E-state index contributed by atoms with van der Waals surface area (Å²) in [5, 5.41) is 20.8. The van der Waals surface area contributed by atoms with Gasteiger partial charge in [-0.1, -0.05) is 0 Å². The fourth-order valence-corrected chi connectivity index (χ4v) is 2.95. The zero-order chi connectivity index (χ0) is 22.0. The van der Waals surface area contributed by atoms with Gasteiger partial charge in [-0.3, -0.25) is 9.48 Å². The number of amides is 1. The van der Waals surface area contributed by atoms with Gasteiger partial charge in [-0.05, 0) is 20.9 Å². The quantitative estimate of drug-likeness (QED) is 0.179. The molecule has 0 spiro atoms. The first-order valence-electron chi connectivity index (χ1n) is 8.17. The van der Waals surface area contributed by atoms with Crippen LogP contribution < -0.4 is 5.32 Å². The highest BCUT2D eigenvalue weighted by Crippen LogP contribution is 2.22. The molecule has 0 aliphatic rings. The van der Waals surface area contributed by atoms with Gasteiger partial charge in [-0.2, -0.15) is 9.78 Å². The van der Waals surface area contributed by atoms with Crippen LogP contribution in [-0.2, 0) is 17.9 Å². The largest absolute Gasteiger partial charge is 0.404 e. The van der Waals surface area contributed by atoms with Crippen molar-refractivity contribution in [2.45, 2.75) is 19.5 Å². The Morgan fingerprint density at radius 2 is 1.90 bits per heavy atom. The number of nitrogens with zero attached hydrogens (tertiary/aromatic N) is 5. The van der Waals surface area contributed by atoms with E-state index in [0.29, 0.717) is 0 Å². The number of aryl methyl sites for hydroxylation is 1. The van der Waals surface area contributed by atoms with Crippen LogP contribution in [0.2, 0.25) is 0 Å². The second-order valence-electron chi connectivity index (χ2n) is 5.99. The molecule has 3 aromatic rings. The Morgan fingerprint density at radius 1 is 1.17 bits per heavy atom. The van der Waals surface area contributed by atoms with Crippen molar-refractivity contribution >= 4 is 33.3 Å². The molecule has 0 aliphatic carbocycles. The van der Waals surface area contributed by atoms with E-state index in [1.54, 1.807) is 0 Å². The van der Waals surface area contributed by atoms with E-state index in [1.807, 2.05) is 0 Å². The first-order chi connectivity index (χ1) is 14.2. The molecule has 0 unspecified atom stereocenters. The summed E-state index contributed by atoms with van der Waals surface area (Å²) in [4.78, 5) is 22.1. The standard InChI is InChI=1S/C16H11BrF4N6O3/c17-10-7-25(24-16(10)27(29)30)2-1-13(28)23-8-4-22-26(5-8)6-9-11(18)3-12(19)15(21)14(9)20/h3-5,7H,1-2,6H2,(H,23,28). The van der Waals surface area contributed by atoms with Crippen molar-refractivity contribution in [2.24, 2.45) is 0 Å². The van der Waals surface area contributed by atoms with Crippen molar-refractivity contribution < 1.29 is 27.3 Å². The molecule has 2 aromatic heterocycles. The molecule has 158 valence electrons. The van der Waals surface area contributed by atoms with Crippen LogP contribution in [0.15, 0.2) is 29.1 Å². The maximum Gasteiger partial charge on any atom is 0.404 e. The van der Waals surface area contributed by atoms with Crippen molar-refractivity contribution in [3.8, 4) is 0 Å². The third kappa shape index (κ3) is 4.64. The molecule has 0 atom stereocenters. The third-order valence-corrected chi connectivity index (χ3v) is 4.45. The lowest BCUT2D eigenvalue weighted by molar-refractivity contribution is -0.390. The van der Waals surface area contributed by atoms with E-state index in [0.717, 1.165) is 4.68 Å². The van der Waals surface area contributed by atoms with Gasteiger partial charge in [0, 0.05) is 24.2 Å². The summed E-state index contributed by atoms with van der Waals surface area (Å²) in [5.41, 5.74) is -0.531. The average molecular weight is 491 g/mol. The molecule has 0 bridgehead atoms. The fourth-order valence-electron chi connectivity index (χ4n) is 2.49. The highest BCUT2D eigenvalue weighted by atomic mass is 79.9.